The van der Waals surface area contributed by atoms with Crippen molar-refractivity contribution in [2.24, 2.45) is 4.99 Å². The fourth-order valence-corrected chi connectivity index (χ4v) is 3.73. The number of rotatable bonds is 8. The van der Waals surface area contributed by atoms with Crippen molar-refractivity contribution in [1.82, 2.24) is 15.1 Å². The Morgan fingerprint density at radius 1 is 1.24 bits per heavy atom. The number of hydrogen-bond donors (Lipinski definition) is 1. The summed E-state index contributed by atoms with van der Waals surface area (Å²) < 4.78 is 16.5. The number of nitrogens with zero attached hydrogens (tertiary/aromatic N) is 3. The molecule has 2 fully saturated rings. The second-order valence-electron chi connectivity index (χ2n) is 7.15. The van der Waals surface area contributed by atoms with Gasteiger partial charge in [-0.15, -0.1) is 24.0 Å². The molecule has 0 bridgehead atoms. The molecule has 1 unspecified atom stereocenters. The molecule has 1 aromatic carbocycles. The van der Waals surface area contributed by atoms with E-state index in [1.54, 1.807) is 7.11 Å². The van der Waals surface area contributed by atoms with E-state index in [-0.39, 0.29) is 24.0 Å². The molecular weight excluding hydrogens is 483 g/mol. The van der Waals surface area contributed by atoms with E-state index in [4.69, 9.17) is 19.2 Å². The highest BCUT2D eigenvalue weighted by Crippen LogP contribution is 2.19. The highest BCUT2D eigenvalue weighted by molar-refractivity contribution is 14.0. The van der Waals surface area contributed by atoms with Gasteiger partial charge in [-0.2, -0.15) is 0 Å². The largest absolute Gasteiger partial charge is 0.497 e. The van der Waals surface area contributed by atoms with Crippen LogP contribution in [0.3, 0.4) is 0 Å². The quantitative estimate of drug-likeness (QED) is 0.247. The second-order valence-corrected chi connectivity index (χ2v) is 7.15. The summed E-state index contributed by atoms with van der Waals surface area (Å²) in [6, 6.07) is 8.33. The van der Waals surface area contributed by atoms with Crippen molar-refractivity contribution in [3.63, 3.8) is 0 Å². The molecule has 0 saturated carbocycles. The van der Waals surface area contributed by atoms with Gasteiger partial charge in [0.25, 0.3) is 0 Å². The molecule has 1 atom stereocenters. The lowest BCUT2D eigenvalue weighted by molar-refractivity contribution is 0.0195. The average Bonchev–Trinajstić information content (AvgIpc) is 3.24. The zero-order valence-corrected chi connectivity index (χ0v) is 20.0. The van der Waals surface area contributed by atoms with Crippen LogP contribution >= 0.6 is 24.0 Å². The van der Waals surface area contributed by atoms with Gasteiger partial charge in [-0.1, -0.05) is 6.07 Å². The average molecular weight is 518 g/mol. The number of guanidine groups is 1. The summed E-state index contributed by atoms with van der Waals surface area (Å²) in [4.78, 5) is 9.78. The van der Waals surface area contributed by atoms with Gasteiger partial charge in [-0.05, 0) is 25.5 Å². The zero-order chi connectivity index (χ0) is 19.6. The summed E-state index contributed by atoms with van der Waals surface area (Å²) in [6.07, 6.45) is 2.08. The Balaban J connectivity index is 0.00000300. The number of halogens is 1. The number of methoxy groups -OCH3 is 1. The summed E-state index contributed by atoms with van der Waals surface area (Å²) in [5.41, 5.74) is 0. The van der Waals surface area contributed by atoms with E-state index >= 15 is 0 Å². The molecule has 0 spiro atoms. The smallest absolute Gasteiger partial charge is 0.193 e. The maximum absolute atomic E-state index is 5.81. The third kappa shape index (κ3) is 7.49. The molecule has 164 valence electrons. The number of nitrogens with one attached hydrogen (secondary N) is 1. The maximum Gasteiger partial charge on any atom is 0.193 e. The Labute approximate surface area is 191 Å². The highest BCUT2D eigenvalue weighted by atomic mass is 127. The summed E-state index contributed by atoms with van der Waals surface area (Å²) in [6.45, 7) is 10.3. The first-order valence-corrected chi connectivity index (χ1v) is 10.4. The van der Waals surface area contributed by atoms with Crippen molar-refractivity contribution < 1.29 is 14.2 Å². The monoisotopic (exact) mass is 518 g/mol. The lowest BCUT2D eigenvalue weighted by Crippen LogP contribution is -2.46. The number of ether oxygens (including phenoxy) is 3. The Morgan fingerprint density at radius 3 is 2.79 bits per heavy atom. The van der Waals surface area contributed by atoms with Gasteiger partial charge in [0.2, 0.25) is 0 Å². The van der Waals surface area contributed by atoms with Crippen LogP contribution in [0.25, 0.3) is 0 Å². The first-order valence-electron chi connectivity index (χ1n) is 10.4. The minimum atomic E-state index is 0. The molecule has 8 heteroatoms. The SMILES string of the molecule is CCNC(=NCCCOc1cccc(OC)c1)N1CCC(N2CCOCC2)C1.I. The van der Waals surface area contributed by atoms with Crippen molar-refractivity contribution in [1.29, 1.82) is 0 Å². The first kappa shape index (κ1) is 24.0. The van der Waals surface area contributed by atoms with E-state index in [1.807, 2.05) is 24.3 Å². The van der Waals surface area contributed by atoms with E-state index in [0.29, 0.717) is 12.6 Å². The first-order chi connectivity index (χ1) is 13.8. The molecule has 2 aliphatic rings. The maximum atomic E-state index is 5.81. The van der Waals surface area contributed by atoms with Crippen molar-refractivity contribution in [2.45, 2.75) is 25.8 Å². The molecule has 7 nitrogen and oxygen atoms in total. The fourth-order valence-electron chi connectivity index (χ4n) is 3.73. The van der Waals surface area contributed by atoms with Gasteiger partial charge in [0.1, 0.15) is 11.5 Å². The van der Waals surface area contributed by atoms with E-state index in [0.717, 1.165) is 76.4 Å². The van der Waals surface area contributed by atoms with Crippen molar-refractivity contribution in [3.8, 4) is 11.5 Å². The Bertz CT molecular complexity index is 626. The molecular formula is C21H35IN4O3. The molecule has 29 heavy (non-hydrogen) atoms. The molecule has 2 saturated heterocycles. The lowest BCUT2D eigenvalue weighted by atomic mass is 10.2. The van der Waals surface area contributed by atoms with Crippen LogP contribution in [0, 0.1) is 0 Å². The van der Waals surface area contributed by atoms with Crippen LogP contribution < -0.4 is 14.8 Å². The number of morpholine rings is 1. The van der Waals surface area contributed by atoms with Crippen LogP contribution in [0.1, 0.15) is 19.8 Å². The molecule has 0 amide bonds. The van der Waals surface area contributed by atoms with Crippen LogP contribution in [-0.2, 0) is 4.74 Å². The molecule has 2 aliphatic heterocycles. The van der Waals surface area contributed by atoms with E-state index in [9.17, 15) is 0 Å². The summed E-state index contributed by atoms with van der Waals surface area (Å²) in [5.74, 6) is 2.68. The van der Waals surface area contributed by atoms with Crippen molar-refractivity contribution in [3.05, 3.63) is 24.3 Å². The van der Waals surface area contributed by atoms with Crippen LogP contribution in [0.4, 0.5) is 0 Å². The standard InChI is InChI=1S/C21H34N4O3.HI/c1-3-22-21(25-10-8-18(17-25)24-11-14-27-15-12-24)23-9-5-13-28-20-7-4-6-19(16-20)26-2;/h4,6-7,16,18H,3,5,8-15,17H2,1-2H3,(H,22,23);1H. The van der Waals surface area contributed by atoms with Gasteiger partial charge in [-0.25, -0.2) is 0 Å². The van der Waals surface area contributed by atoms with E-state index < -0.39 is 0 Å². The van der Waals surface area contributed by atoms with Gasteiger partial charge < -0.3 is 24.4 Å². The van der Waals surface area contributed by atoms with Gasteiger partial charge in [0.15, 0.2) is 5.96 Å². The molecule has 0 aromatic heterocycles. The number of likely N-dealkylation sites (tertiary alicyclic amines) is 1. The fraction of sp³-hybridized carbons (Fsp3) is 0.667. The highest BCUT2D eigenvalue weighted by Gasteiger charge is 2.30. The van der Waals surface area contributed by atoms with Gasteiger partial charge in [-0.3, -0.25) is 9.89 Å². The third-order valence-electron chi connectivity index (χ3n) is 5.23. The molecule has 3 rings (SSSR count). The minimum Gasteiger partial charge on any atom is -0.497 e. The normalized spacial score (nSPS) is 20.3. The summed E-state index contributed by atoms with van der Waals surface area (Å²) in [7, 11) is 1.66. The van der Waals surface area contributed by atoms with Gasteiger partial charge >= 0.3 is 0 Å². The second kappa shape index (κ2) is 13.1. The van der Waals surface area contributed by atoms with Crippen molar-refractivity contribution in [2.75, 3.05) is 66.2 Å². The molecule has 2 heterocycles. The Kier molecular flexibility index (Phi) is 10.9. The summed E-state index contributed by atoms with van der Waals surface area (Å²) >= 11 is 0. The van der Waals surface area contributed by atoms with Crippen molar-refractivity contribution >= 4 is 29.9 Å². The van der Waals surface area contributed by atoms with Crippen LogP contribution in [0.5, 0.6) is 11.5 Å². The van der Waals surface area contributed by atoms with Gasteiger partial charge in [0, 0.05) is 57.8 Å². The summed E-state index contributed by atoms with van der Waals surface area (Å²) in [5, 5.41) is 3.45. The molecule has 0 aliphatic carbocycles. The Morgan fingerprint density at radius 2 is 2.03 bits per heavy atom. The Hall–Kier alpha value is -1.26. The van der Waals surface area contributed by atoms with Crippen LogP contribution in [0.15, 0.2) is 29.3 Å². The van der Waals surface area contributed by atoms with E-state index in [2.05, 4.69) is 22.0 Å². The number of benzene rings is 1. The molecule has 1 aromatic rings. The number of aliphatic imine (C=N–C) groups is 1. The predicted molar refractivity (Wildman–Crippen MR) is 127 cm³/mol. The molecule has 1 N–H and O–H groups in total. The lowest BCUT2D eigenvalue weighted by Gasteiger charge is -2.32. The minimum absolute atomic E-state index is 0. The third-order valence-corrected chi connectivity index (χ3v) is 5.23. The number of hydrogen-bond acceptors (Lipinski definition) is 5. The zero-order valence-electron chi connectivity index (χ0n) is 17.6. The van der Waals surface area contributed by atoms with Gasteiger partial charge in [0.05, 0.1) is 26.9 Å². The molecule has 0 radical (unpaired) electrons. The topological polar surface area (TPSA) is 58.6 Å². The van der Waals surface area contributed by atoms with Crippen LogP contribution in [0.2, 0.25) is 0 Å². The van der Waals surface area contributed by atoms with E-state index in [1.165, 1.54) is 6.42 Å². The van der Waals surface area contributed by atoms with Crippen LogP contribution in [-0.4, -0.2) is 88.0 Å². The predicted octanol–water partition coefficient (Wildman–Crippen LogP) is 2.45.